The third-order valence-electron chi connectivity index (χ3n) is 3.30. The maximum atomic E-state index is 10.3. The zero-order valence-corrected chi connectivity index (χ0v) is 9.24. The first-order valence-corrected chi connectivity index (χ1v) is 5.89. The lowest BCUT2D eigenvalue weighted by molar-refractivity contribution is 0.191. The number of carboxylic acid groups (broad SMARTS) is 1. The SMILES string of the molecule is NCCC1CCCC(CCNC(=O)O)C1. The molecular weight excluding hydrogens is 192 g/mol. The molecule has 1 saturated carbocycles. The molecule has 0 heterocycles. The molecule has 0 aromatic heterocycles. The second-order valence-corrected chi connectivity index (χ2v) is 4.50. The number of hydrogen-bond acceptors (Lipinski definition) is 2. The van der Waals surface area contributed by atoms with Crippen molar-refractivity contribution < 1.29 is 9.90 Å². The van der Waals surface area contributed by atoms with Crippen LogP contribution in [0.4, 0.5) is 4.79 Å². The van der Waals surface area contributed by atoms with Crippen LogP contribution in [0.15, 0.2) is 0 Å². The molecule has 88 valence electrons. The molecule has 4 heteroatoms. The zero-order chi connectivity index (χ0) is 11.1. The molecule has 0 aliphatic heterocycles. The third-order valence-corrected chi connectivity index (χ3v) is 3.30. The predicted molar refractivity (Wildman–Crippen MR) is 59.8 cm³/mol. The predicted octanol–water partition coefficient (Wildman–Crippen LogP) is 1.80. The summed E-state index contributed by atoms with van der Waals surface area (Å²) < 4.78 is 0. The number of hydrogen-bond donors (Lipinski definition) is 3. The number of rotatable bonds is 5. The highest BCUT2D eigenvalue weighted by molar-refractivity contribution is 5.64. The van der Waals surface area contributed by atoms with Gasteiger partial charge in [0.25, 0.3) is 0 Å². The normalized spacial score (nSPS) is 26.2. The van der Waals surface area contributed by atoms with E-state index >= 15 is 0 Å². The highest BCUT2D eigenvalue weighted by atomic mass is 16.4. The molecule has 0 bridgehead atoms. The van der Waals surface area contributed by atoms with Gasteiger partial charge in [-0.3, -0.25) is 0 Å². The molecule has 0 spiro atoms. The van der Waals surface area contributed by atoms with Crippen LogP contribution in [0.5, 0.6) is 0 Å². The van der Waals surface area contributed by atoms with E-state index in [1.54, 1.807) is 0 Å². The Bertz CT molecular complexity index is 195. The molecular formula is C11H22N2O2. The second kappa shape index (κ2) is 6.67. The van der Waals surface area contributed by atoms with E-state index in [1.807, 2.05) is 0 Å². The number of nitrogens with two attached hydrogens (primary N) is 1. The Morgan fingerprint density at radius 1 is 1.33 bits per heavy atom. The highest BCUT2D eigenvalue weighted by Gasteiger charge is 2.20. The first kappa shape index (κ1) is 12.3. The first-order valence-electron chi connectivity index (χ1n) is 5.89. The standard InChI is InChI=1S/C11H22N2O2/c12-6-4-9-2-1-3-10(8-9)5-7-13-11(14)15/h9-10,13H,1-8,12H2,(H,14,15). The van der Waals surface area contributed by atoms with Crippen molar-refractivity contribution in [3.8, 4) is 0 Å². The first-order chi connectivity index (χ1) is 7.22. The van der Waals surface area contributed by atoms with Gasteiger partial charge in [0.1, 0.15) is 0 Å². The molecule has 1 aliphatic carbocycles. The van der Waals surface area contributed by atoms with Gasteiger partial charge in [0.15, 0.2) is 0 Å². The average Bonchev–Trinajstić information content (AvgIpc) is 2.18. The van der Waals surface area contributed by atoms with E-state index in [0.29, 0.717) is 12.5 Å². The summed E-state index contributed by atoms with van der Waals surface area (Å²) in [5, 5.41) is 10.9. The number of carbonyl (C=O) groups is 1. The Morgan fingerprint density at radius 3 is 2.60 bits per heavy atom. The van der Waals surface area contributed by atoms with Gasteiger partial charge in [-0.25, -0.2) is 4.79 Å². The van der Waals surface area contributed by atoms with Crippen molar-refractivity contribution in [2.45, 2.75) is 38.5 Å². The lowest BCUT2D eigenvalue weighted by atomic mass is 9.78. The van der Waals surface area contributed by atoms with Gasteiger partial charge in [-0.05, 0) is 37.6 Å². The van der Waals surface area contributed by atoms with Crippen molar-refractivity contribution in [2.24, 2.45) is 17.6 Å². The van der Waals surface area contributed by atoms with Crippen LogP contribution in [0.1, 0.15) is 38.5 Å². The van der Waals surface area contributed by atoms with E-state index in [0.717, 1.165) is 25.3 Å². The molecule has 0 saturated heterocycles. The Morgan fingerprint density at radius 2 is 2.00 bits per heavy atom. The summed E-state index contributed by atoms with van der Waals surface area (Å²) in [5.74, 6) is 1.47. The van der Waals surface area contributed by atoms with Crippen LogP contribution in [-0.2, 0) is 0 Å². The van der Waals surface area contributed by atoms with Gasteiger partial charge in [-0.15, -0.1) is 0 Å². The van der Waals surface area contributed by atoms with Gasteiger partial charge >= 0.3 is 6.09 Å². The van der Waals surface area contributed by atoms with Gasteiger partial charge in [0, 0.05) is 6.54 Å². The molecule has 0 radical (unpaired) electrons. The minimum atomic E-state index is -0.913. The summed E-state index contributed by atoms with van der Waals surface area (Å²) >= 11 is 0. The minimum Gasteiger partial charge on any atom is -0.465 e. The van der Waals surface area contributed by atoms with Crippen molar-refractivity contribution in [2.75, 3.05) is 13.1 Å². The van der Waals surface area contributed by atoms with E-state index in [9.17, 15) is 4.79 Å². The zero-order valence-electron chi connectivity index (χ0n) is 9.24. The lowest BCUT2D eigenvalue weighted by Crippen LogP contribution is -2.26. The molecule has 1 rings (SSSR count). The van der Waals surface area contributed by atoms with Gasteiger partial charge in [-0.2, -0.15) is 0 Å². The summed E-state index contributed by atoms with van der Waals surface area (Å²) in [6, 6.07) is 0. The van der Waals surface area contributed by atoms with E-state index in [4.69, 9.17) is 10.8 Å². The molecule has 2 atom stereocenters. The lowest BCUT2D eigenvalue weighted by Gasteiger charge is -2.28. The van der Waals surface area contributed by atoms with Gasteiger partial charge in [0.05, 0.1) is 0 Å². The summed E-state index contributed by atoms with van der Waals surface area (Å²) in [4.78, 5) is 10.3. The van der Waals surface area contributed by atoms with Crippen LogP contribution in [-0.4, -0.2) is 24.3 Å². The summed E-state index contributed by atoms with van der Waals surface area (Å²) in [5.41, 5.74) is 5.55. The second-order valence-electron chi connectivity index (χ2n) is 4.50. The van der Waals surface area contributed by atoms with Gasteiger partial charge in [0.2, 0.25) is 0 Å². The highest BCUT2D eigenvalue weighted by Crippen LogP contribution is 2.32. The van der Waals surface area contributed by atoms with Crippen LogP contribution in [0, 0.1) is 11.8 Å². The Balaban J connectivity index is 2.15. The fraction of sp³-hybridized carbons (Fsp3) is 0.909. The summed E-state index contributed by atoms with van der Waals surface area (Å²) in [7, 11) is 0. The van der Waals surface area contributed by atoms with E-state index in [1.165, 1.54) is 25.7 Å². The molecule has 1 fully saturated rings. The maximum Gasteiger partial charge on any atom is 0.404 e. The van der Waals surface area contributed by atoms with E-state index in [2.05, 4.69) is 5.32 Å². The Kier molecular flexibility index (Phi) is 5.47. The summed E-state index contributed by atoms with van der Waals surface area (Å²) in [6.07, 6.45) is 6.27. The van der Waals surface area contributed by atoms with Crippen LogP contribution in [0.2, 0.25) is 0 Å². The van der Waals surface area contributed by atoms with Crippen LogP contribution < -0.4 is 11.1 Å². The minimum absolute atomic E-state index is 0.593. The molecule has 0 aromatic rings. The van der Waals surface area contributed by atoms with Crippen molar-refractivity contribution >= 4 is 6.09 Å². The van der Waals surface area contributed by atoms with Crippen LogP contribution in [0.3, 0.4) is 0 Å². The molecule has 1 amide bonds. The topological polar surface area (TPSA) is 75.3 Å². The Hall–Kier alpha value is -0.770. The van der Waals surface area contributed by atoms with Crippen molar-refractivity contribution in [1.82, 2.24) is 5.32 Å². The summed E-state index contributed by atoms with van der Waals surface area (Å²) in [6.45, 7) is 1.38. The van der Waals surface area contributed by atoms with E-state index < -0.39 is 6.09 Å². The largest absolute Gasteiger partial charge is 0.465 e. The molecule has 2 unspecified atom stereocenters. The van der Waals surface area contributed by atoms with Crippen LogP contribution >= 0.6 is 0 Å². The number of amides is 1. The maximum absolute atomic E-state index is 10.3. The number of nitrogens with one attached hydrogen (secondary N) is 1. The molecule has 15 heavy (non-hydrogen) atoms. The van der Waals surface area contributed by atoms with E-state index in [-0.39, 0.29) is 0 Å². The Labute approximate surface area is 91.2 Å². The van der Waals surface area contributed by atoms with Crippen LogP contribution in [0.25, 0.3) is 0 Å². The quantitative estimate of drug-likeness (QED) is 0.653. The van der Waals surface area contributed by atoms with Gasteiger partial charge < -0.3 is 16.2 Å². The molecule has 1 aliphatic rings. The smallest absolute Gasteiger partial charge is 0.404 e. The van der Waals surface area contributed by atoms with Crippen molar-refractivity contribution in [1.29, 1.82) is 0 Å². The molecule has 0 aromatic carbocycles. The van der Waals surface area contributed by atoms with Crippen molar-refractivity contribution in [3.05, 3.63) is 0 Å². The fourth-order valence-electron chi connectivity index (χ4n) is 2.55. The molecule has 4 nitrogen and oxygen atoms in total. The average molecular weight is 214 g/mol. The van der Waals surface area contributed by atoms with Gasteiger partial charge in [-0.1, -0.05) is 19.3 Å². The van der Waals surface area contributed by atoms with Crippen molar-refractivity contribution in [3.63, 3.8) is 0 Å². The molecule has 4 N–H and O–H groups in total. The third kappa shape index (κ3) is 5.02. The fourth-order valence-corrected chi connectivity index (χ4v) is 2.55. The monoisotopic (exact) mass is 214 g/mol.